The van der Waals surface area contributed by atoms with Crippen LogP contribution in [0.1, 0.15) is 23.0 Å². The number of aryl methyl sites for hydroxylation is 1. The van der Waals surface area contributed by atoms with Crippen molar-refractivity contribution in [3.63, 3.8) is 0 Å². The topological polar surface area (TPSA) is 73.2 Å². The number of carbonyl (C=O) groups is 2. The number of nitrogens with one attached hydrogen (secondary N) is 1. The van der Waals surface area contributed by atoms with Gasteiger partial charge in [-0.05, 0) is 62.4 Å². The first-order valence-corrected chi connectivity index (χ1v) is 8.81. The minimum absolute atomic E-state index is 0.0522. The van der Waals surface area contributed by atoms with Gasteiger partial charge < -0.3 is 10.1 Å². The molecule has 0 aliphatic carbocycles. The molecule has 28 heavy (non-hydrogen) atoms. The summed E-state index contributed by atoms with van der Waals surface area (Å²) in [5.41, 5.74) is 2.29. The van der Waals surface area contributed by atoms with E-state index in [0.717, 1.165) is 17.4 Å². The fourth-order valence-corrected chi connectivity index (χ4v) is 2.70. The van der Waals surface area contributed by atoms with Crippen molar-refractivity contribution in [2.45, 2.75) is 20.0 Å². The van der Waals surface area contributed by atoms with E-state index in [1.54, 1.807) is 35.1 Å². The van der Waals surface area contributed by atoms with Crippen LogP contribution in [0.3, 0.4) is 0 Å². The number of amides is 1. The Balaban J connectivity index is 1.63. The first-order valence-electron chi connectivity index (χ1n) is 8.43. The number of aromatic nitrogens is 2. The molecule has 144 valence electrons. The minimum atomic E-state index is -1.07. The molecule has 1 aromatic heterocycles. The molecule has 0 spiro atoms. The molecule has 0 unspecified atom stereocenters. The number of hydrogen-bond acceptors (Lipinski definition) is 4. The number of hydrogen-bond donors (Lipinski definition) is 1. The standard InChI is InChI=1S/C20H17ClFN3O3/c1-12-9-10-23-25(12)16-6-3-14(4-7-16)20(27)28-13(2)19(26)24-18-8-5-15(22)11-17(18)21/h3-11,13H,1-2H3,(H,24,26)/t13-/m1/s1. The molecule has 1 N–H and O–H groups in total. The van der Waals surface area contributed by atoms with Crippen molar-refractivity contribution in [3.8, 4) is 5.69 Å². The van der Waals surface area contributed by atoms with Crippen molar-refractivity contribution in [2.75, 3.05) is 5.32 Å². The van der Waals surface area contributed by atoms with Crippen molar-refractivity contribution >= 4 is 29.2 Å². The van der Waals surface area contributed by atoms with Gasteiger partial charge in [-0.2, -0.15) is 5.10 Å². The summed E-state index contributed by atoms with van der Waals surface area (Å²) in [4.78, 5) is 24.5. The molecule has 1 atom stereocenters. The molecule has 0 saturated carbocycles. The van der Waals surface area contributed by atoms with Crippen LogP contribution in [0.5, 0.6) is 0 Å². The van der Waals surface area contributed by atoms with E-state index in [1.807, 2.05) is 13.0 Å². The van der Waals surface area contributed by atoms with Crippen molar-refractivity contribution < 1.29 is 18.7 Å². The monoisotopic (exact) mass is 401 g/mol. The average Bonchev–Trinajstić information content (AvgIpc) is 3.10. The third-order valence-electron chi connectivity index (χ3n) is 4.02. The normalized spacial score (nSPS) is 11.7. The third kappa shape index (κ3) is 4.37. The quantitative estimate of drug-likeness (QED) is 0.651. The van der Waals surface area contributed by atoms with Crippen LogP contribution in [0.15, 0.2) is 54.7 Å². The highest BCUT2D eigenvalue weighted by molar-refractivity contribution is 6.33. The van der Waals surface area contributed by atoms with Gasteiger partial charge >= 0.3 is 5.97 Å². The predicted molar refractivity (Wildman–Crippen MR) is 103 cm³/mol. The first-order chi connectivity index (χ1) is 13.3. The number of rotatable bonds is 5. The van der Waals surface area contributed by atoms with Crippen LogP contribution < -0.4 is 5.32 Å². The van der Waals surface area contributed by atoms with Crippen LogP contribution in [0.2, 0.25) is 5.02 Å². The van der Waals surface area contributed by atoms with Crippen molar-refractivity contribution in [1.82, 2.24) is 9.78 Å². The van der Waals surface area contributed by atoms with Gasteiger partial charge in [-0.3, -0.25) is 4.79 Å². The number of anilines is 1. The maximum absolute atomic E-state index is 13.1. The molecular weight excluding hydrogens is 385 g/mol. The van der Waals surface area contributed by atoms with Gasteiger partial charge in [0.1, 0.15) is 5.82 Å². The van der Waals surface area contributed by atoms with E-state index in [4.69, 9.17) is 16.3 Å². The highest BCUT2D eigenvalue weighted by Crippen LogP contribution is 2.22. The number of esters is 1. The minimum Gasteiger partial charge on any atom is -0.449 e. The number of carbonyl (C=O) groups excluding carboxylic acids is 2. The van der Waals surface area contributed by atoms with E-state index >= 15 is 0 Å². The van der Waals surface area contributed by atoms with E-state index in [0.29, 0.717) is 5.56 Å². The van der Waals surface area contributed by atoms with Gasteiger partial charge in [0, 0.05) is 11.9 Å². The van der Waals surface area contributed by atoms with Crippen molar-refractivity contribution in [1.29, 1.82) is 0 Å². The molecule has 0 bridgehead atoms. The molecule has 0 saturated heterocycles. The Hall–Kier alpha value is -3.19. The smallest absolute Gasteiger partial charge is 0.338 e. The summed E-state index contributed by atoms with van der Waals surface area (Å²) >= 11 is 5.88. The molecule has 3 aromatic rings. The Bertz CT molecular complexity index is 1020. The van der Waals surface area contributed by atoms with Crippen molar-refractivity contribution in [2.24, 2.45) is 0 Å². The lowest BCUT2D eigenvalue weighted by Crippen LogP contribution is -2.30. The molecule has 0 fully saturated rings. The van der Waals surface area contributed by atoms with Gasteiger partial charge in [0.25, 0.3) is 5.91 Å². The summed E-state index contributed by atoms with van der Waals surface area (Å²) in [7, 11) is 0. The maximum Gasteiger partial charge on any atom is 0.338 e. The Morgan fingerprint density at radius 3 is 2.50 bits per heavy atom. The van der Waals surface area contributed by atoms with E-state index in [2.05, 4.69) is 10.4 Å². The number of ether oxygens (including phenoxy) is 1. The zero-order valence-electron chi connectivity index (χ0n) is 15.1. The van der Waals surface area contributed by atoms with E-state index in [9.17, 15) is 14.0 Å². The summed E-state index contributed by atoms with van der Waals surface area (Å²) in [6, 6.07) is 12.1. The predicted octanol–water partition coefficient (Wildman–Crippen LogP) is 4.16. The Labute approximate surface area is 165 Å². The molecule has 1 amide bonds. The third-order valence-corrected chi connectivity index (χ3v) is 4.33. The fraction of sp³-hybridized carbons (Fsp3) is 0.150. The van der Waals surface area contributed by atoms with Gasteiger partial charge in [-0.25, -0.2) is 13.9 Å². The second-order valence-corrected chi connectivity index (χ2v) is 6.50. The van der Waals surface area contributed by atoms with Crippen LogP contribution in [0.4, 0.5) is 10.1 Å². The second-order valence-electron chi connectivity index (χ2n) is 6.09. The molecule has 8 heteroatoms. The largest absolute Gasteiger partial charge is 0.449 e. The molecule has 0 aliphatic rings. The van der Waals surface area contributed by atoms with Gasteiger partial charge in [-0.1, -0.05) is 11.6 Å². The zero-order chi connectivity index (χ0) is 20.3. The summed E-state index contributed by atoms with van der Waals surface area (Å²) in [5.74, 6) is -1.74. The average molecular weight is 402 g/mol. The SMILES string of the molecule is Cc1ccnn1-c1ccc(C(=O)O[C@H](C)C(=O)Nc2ccc(F)cc2Cl)cc1. The van der Waals surface area contributed by atoms with Crippen LogP contribution in [-0.2, 0) is 9.53 Å². The lowest BCUT2D eigenvalue weighted by molar-refractivity contribution is -0.123. The number of benzene rings is 2. The lowest BCUT2D eigenvalue weighted by Gasteiger charge is -2.14. The van der Waals surface area contributed by atoms with Crippen LogP contribution >= 0.6 is 11.6 Å². The maximum atomic E-state index is 13.1. The molecule has 0 aliphatic heterocycles. The first kappa shape index (κ1) is 19.6. The van der Waals surface area contributed by atoms with Gasteiger partial charge in [0.2, 0.25) is 0 Å². The molecule has 2 aromatic carbocycles. The van der Waals surface area contributed by atoms with Crippen LogP contribution in [-0.4, -0.2) is 27.8 Å². The van der Waals surface area contributed by atoms with Crippen LogP contribution in [0.25, 0.3) is 5.69 Å². The number of nitrogens with zero attached hydrogens (tertiary/aromatic N) is 2. The Morgan fingerprint density at radius 1 is 1.18 bits per heavy atom. The second kappa shape index (κ2) is 8.22. The van der Waals surface area contributed by atoms with E-state index in [-0.39, 0.29) is 10.7 Å². The molecule has 0 radical (unpaired) electrons. The Kier molecular flexibility index (Phi) is 5.75. The van der Waals surface area contributed by atoms with Crippen molar-refractivity contribution in [3.05, 3.63) is 76.8 Å². The van der Waals surface area contributed by atoms with E-state index in [1.165, 1.54) is 19.1 Å². The van der Waals surface area contributed by atoms with Crippen LogP contribution in [0, 0.1) is 12.7 Å². The fourth-order valence-electron chi connectivity index (χ4n) is 2.49. The van der Waals surface area contributed by atoms with E-state index < -0.39 is 23.8 Å². The van der Waals surface area contributed by atoms with Gasteiger partial charge in [0.15, 0.2) is 6.10 Å². The molecular formula is C20H17ClFN3O3. The molecule has 3 rings (SSSR count). The highest BCUT2D eigenvalue weighted by atomic mass is 35.5. The summed E-state index contributed by atoms with van der Waals surface area (Å²) in [6.45, 7) is 3.36. The molecule has 1 heterocycles. The molecule has 6 nitrogen and oxygen atoms in total. The Morgan fingerprint density at radius 2 is 1.89 bits per heavy atom. The summed E-state index contributed by atoms with van der Waals surface area (Å²) in [6.07, 6.45) is 0.618. The number of halogens is 2. The van der Waals surface area contributed by atoms with Gasteiger partial charge in [0.05, 0.1) is 22.0 Å². The highest BCUT2D eigenvalue weighted by Gasteiger charge is 2.20. The summed E-state index contributed by atoms with van der Waals surface area (Å²) < 4.78 is 20.0. The lowest BCUT2D eigenvalue weighted by atomic mass is 10.2. The zero-order valence-corrected chi connectivity index (χ0v) is 15.9. The summed E-state index contributed by atoms with van der Waals surface area (Å²) in [5, 5.41) is 6.75. The van der Waals surface area contributed by atoms with Gasteiger partial charge in [-0.15, -0.1) is 0 Å².